The van der Waals surface area contributed by atoms with E-state index in [1.165, 1.54) is 0 Å². The Morgan fingerprint density at radius 2 is 1.50 bits per heavy atom. The highest BCUT2D eigenvalue weighted by Gasteiger charge is 2.25. The number of amides is 2. The molecular formula is C24H27ClN2O3. The molecule has 2 amide bonds. The number of piperidine rings is 1. The molecule has 0 radical (unpaired) electrons. The number of carbonyl (C=O) groups excluding carboxylic acids is 2. The molecule has 4 rings (SSSR count). The number of hydrogen-bond donors (Lipinski definition) is 0. The van der Waals surface area contributed by atoms with Crippen molar-refractivity contribution in [2.45, 2.75) is 25.7 Å². The van der Waals surface area contributed by atoms with E-state index in [1.54, 1.807) is 12.1 Å². The van der Waals surface area contributed by atoms with Crippen LogP contribution in [-0.2, 0) is 0 Å². The van der Waals surface area contributed by atoms with E-state index < -0.39 is 0 Å². The fraction of sp³-hybridized carbons (Fsp3) is 0.417. The minimum absolute atomic E-state index is 0.00164. The van der Waals surface area contributed by atoms with E-state index in [-0.39, 0.29) is 11.8 Å². The summed E-state index contributed by atoms with van der Waals surface area (Å²) >= 11 is 6.16. The summed E-state index contributed by atoms with van der Waals surface area (Å²) in [6.45, 7) is 3.75. The van der Waals surface area contributed by atoms with Gasteiger partial charge < -0.3 is 14.5 Å². The lowest BCUT2D eigenvalue weighted by Gasteiger charge is -2.32. The third kappa shape index (κ3) is 4.78. The van der Waals surface area contributed by atoms with Gasteiger partial charge in [-0.1, -0.05) is 23.7 Å². The highest BCUT2D eigenvalue weighted by atomic mass is 35.5. The first kappa shape index (κ1) is 20.7. The van der Waals surface area contributed by atoms with Gasteiger partial charge in [0.15, 0.2) is 0 Å². The minimum atomic E-state index is -0.00164. The van der Waals surface area contributed by atoms with Crippen molar-refractivity contribution in [3.8, 4) is 5.75 Å². The predicted octanol–water partition coefficient (Wildman–Crippen LogP) is 4.51. The van der Waals surface area contributed by atoms with Crippen molar-refractivity contribution in [1.29, 1.82) is 0 Å². The summed E-state index contributed by atoms with van der Waals surface area (Å²) in [6.07, 6.45) is 3.99. The van der Waals surface area contributed by atoms with E-state index in [2.05, 4.69) is 0 Å². The Labute approximate surface area is 182 Å². The molecule has 2 aromatic carbocycles. The van der Waals surface area contributed by atoms with Crippen molar-refractivity contribution in [1.82, 2.24) is 9.80 Å². The van der Waals surface area contributed by atoms with Gasteiger partial charge in [0.2, 0.25) is 0 Å². The van der Waals surface area contributed by atoms with E-state index in [9.17, 15) is 9.59 Å². The number of nitrogens with zero attached hydrogens (tertiary/aromatic N) is 2. The molecule has 0 bridgehead atoms. The molecule has 30 heavy (non-hydrogen) atoms. The molecule has 0 spiro atoms. The van der Waals surface area contributed by atoms with Gasteiger partial charge in [-0.05, 0) is 68.0 Å². The molecule has 2 aliphatic heterocycles. The van der Waals surface area contributed by atoms with Crippen molar-refractivity contribution in [2.75, 3.05) is 32.8 Å². The van der Waals surface area contributed by atoms with E-state index >= 15 is 0 Å². The molecule has 2 aromatic rings. The summed E-state index contributed by atoms with van der Waals surface area (Å²) in [6, 6.07) is 14.6. The second kappa shape index (κ2) is 9.52. The van der Waals surface area contributed by atoms with Gasteiger partial charge in [-0.15, -0.1) is 0 Å². The van der Waals surface area contributed by atoms with Crippen LogP contribution in [0.2, 0.25) is 5.02 Å². The van der Waals surface area contributed by atoms with E-state index in [0.29, 0.717) is 36.2 Å². The lowest BCUT2D eigenvalue weighted by atomic mass is 9.97. The van der Waals surface area contributed by atoms with Crippen LogP contribution in [0.1, 0.15) is 46.4 Å². The Kier molecular flexibility index (Phi) is 6.58. The second-order valence-corrected chi connectivity index (χ2v) is 8.46. The normalized spacial score (nSPS) is 17.2. The largest absolute Gasteiger partial charge is 0.493 e. The molecule has 158 valence electrons. The van der Waals surface area contributed by atoms with Gasteiger partial charge in [-0.25, -0.2) is 0 Å². The Morgan fingerprint density at radius 1 is 0.867 bits per heavy atom. The van der Waals surface area contributed by atoms with Crippen LogP contribution < -0.4 is 4.74 Å². The first-order valence-electron chi connectivity index (χ1n) is 10.7. The van der Waals surface area contributed by atoms with Crippen LogP contribution in [0.15, 0.2) is 48.5 Å². The molecule has 2 heterocycles. The number of likely N-dealkylation sites (tertiary alicyclic amines) is 2. The fourth-order valence-corrected chi connectivity index (χ4v) is 4.33. The van der Waals surface area contributed by atoms with E-state index in [0.717, 1.165) is 50.1 Å². The molecular weight excluding hydrogens is 400 g/mol. The van der Waals surface area contributed by atoms with Crippen molar-refractivity contribution >= 4 is 23.4 Å². The lowest BCUT2D eigenvalue weighted by molar-refractivity contribution is 0.0660. The molecule has 6 heteroatoms. The van der Waals surface area contributed by atoms with Crippen LogP contribution in [0, 0.1) is 5.92 Å². The van der Waals surface area contributed by atoms with Crippen LogP contribution in [-0.4, -0.2) is 54.4 Å². The summed E-state index contributed by atoms with van der Waals surface area (Å²) < 4.78 is 5.96. The molecule has 2 fully saturated rings. The van der Waals surface area contributed by atoms with Gasteiger partial charge in [0.1, 0.15) is 5.75 Å². The predicted molar refractivity (Wildman–Crippen MR) is 117 cm³/mol. The van der Waals surface area contributed by atoms with Crippen LogP contribution in [0.25, 0.3) is 0 Å². The quantitative estimate of drug-likeness (QED) is 0.706. The Bertz CT molecular complexity index is 886. The molecule has 0 unspecified atom stereocenters. The maximum absolute atomic E-state index is 12.7. The molecule has 0 atom stereocenters. The average molecular weight is 427 g/mol. The number of carbonyl (C=O) groups is 2. The van der Waals surface area contributed by atoms with Crippen molar-refractivity contribution in [3.05, 3.63) is 64.7 Å². The van der Waals surface area contributed by atoms with Gasteiger partial charge in [0, 0.05) is 31.7 Å². The zero-order valence-electron chi connectivity index (χ0n) is 17.1. The number of benzene rings is 2. The summed E-state index contributed by atoms with van der Waals surface area (Å²) in [7, 11) is 0. The summed E-state index contributed by atoms with van der Waals surface area (Å²) in [4.78, 5) is 28.9. The van der Waals surface area contributed by atoms with Crippen LogP contribution in [0.3, 0.4) is 0 Å². The Hall–Kier alpha value is -2.53. The number of hydrogen-bond acceptors (Lipinski definition) is 3. The zero-order valence-corrected chi connectivity index (χ0v) is 17.8. The van der Waals surface area contributed by atoms with Gasteiger partial charge in [-0.2, -0.15) is 0 Å². The van der Waals surface area contributed by atoms with Crippen LogP contribution in [0.5, 0.6) is 5.75 Å². The molecule has 0 aromatic heterocycles. The molecule has 0 aliphatic carbocycles. The van der Waals surface area contributed by atoms with Gasteiger partial charge >= 0.3 is 0 Å². The van der Waals surface area contributed by atoms with Gasteiger partial charge in [0.25, 0.3) is 11.8 Å². The molecule has 0 N–H and O–H groups in total. The molecule has 2 aliphatic rings. The average Bonchev–Trinajstić information content (AvgIpc) is 3.33. The lowest BCUT2D eigenvalue weighted by Crippen LogP contribution is -2.39. The molecule has 5 nitrogen and oxygen atoms in total. The first-order valence-corrected chi connectivity index (χ1v) is 11.1. The minimum Gasteiger partial charge on any atom is -0.493 e. The van der Waals surface area contributed by atoms with Crippen molar-refractivity contribution in [2.24, 2.45) is 5.92 Å². The van der Waals surface area contributed by atoms with Gasteiger partial charge in [-0.3, -0.25) is 9.59 Å². The van der Waals surface area contributed by atoms with Crippen LogP contribution >= 0.6 is 11.6 Å². The monoisotopic (exact) mass is 426 g/mol. The number of halogens is 1. The molecule has 0 saturated carbocycles. The maximum Gasteiger partial charge on any atom is 0.255 e. The topological polar surface area (TPSA) is 49.9 Å². The summed E-state index contributed by atoms with van der Waals surface area (Å²) in [5.74, 6) is 1.29. The number of rotatable bonds is 5. The van der Waals surface area contributed by atoms with Crippen molar-refractivity contribution in [3.63, 3.8) is 0 Å². The maximum atomic E-state index is 12.7. The third-order valence-electron chi connectivity index (χ3n) is 5.99. The van der Waals surface area contributed by atoms with Crippen molar-refractivity contribution < 1.29 is 14.3 Å². The second-order valence-electron chi connectivity index (χ2n) is 8.05. The third-order valence-corrected chi connectivity index (χ3v) is 6.32. The SMILES string of the molecule is O=C(c1ccc(OCC2CCN(C(=O)c3ccccc3Cl)CC2)cc1)N1CCCC1. The highest BCUT2D eigenvalue weighted by molar-refractivity contribution is 6.33. The van der Waals surface area contributed by atoms with E-state index in [4.69, 9.17) is 16.3 Å². The fourth-order valence-electron chi connectivity index (χ4n) is 4.12. The van der Waals surface area contributed by atoms with Gasteiger partial charge in [0.05, 0.1) is 17.2 Å². The Morgan fingerprint density at radius 3 is 2.17 bits per heavy atom. The highest BCUT2D eigenvalue weighted by Crippen LogP contribution is 2.24. The standard InChI is InChI=1S/C24H27ClN2O3/c25-22-6-2-1-5-21(22)24(29)27-15-11-18(12-16-27)17-30-20-9-7-19(8-10-20)23(28)26-13-3-4-14-26/h1-2,5-10,18H,3-4,11-17H2. The first-order chi connectivity index (χ1) is 14.6. The van der Waals surface area contributed by atoms with Crippen LogP contribution in [0.4, 0.5) is 0 Å². The summed E-state index contributed by atoms with van der Waals surface area (Å²) in [5, 5.41) is 0.500. The smallest absolute Gasteiger partial charge is 0.255 e. The zero-order chi connectivity index (χ0) is 20.9. The summed E-state index contributed by atoms with van der Waals surface area (Å²) in [5.41, 5.74) is 1.29. The Balaban J connectivity index is 1.24. The van der Waals surface area contributed by atoms with E-state index in [1.807, 2.05) is 46.2 Å². The molecule has 2 saturated heterocycles. The number of ether oxygens (including phenoxy) is 1.